The van der Waals surface area contributed by atoms with Crippen molar-refractivity contribution in [2.45, 2.75) is 310 Å². The average molecular weight is 1120 g/mol. The second-order valence-corrected chi connectivity index (χ2v) is 21.5. The summed E-state index contributed by atoms with van der Waals surface area (Å²) in [6, 6.07) is 0. The van der Waals surface area contributed by atoms with Crippen molar-refractivity contribution in [3.8, 4) is 0 Å². The Morgan fingerprint density at radius 2 is 0.290 bits per heavy atom. The third-order valence-corrected chi connectivity index (χ3v) is 13.5. The molecule has 0 aromatic carbocycles. The van der Waals surface area contributed by atoms with Gasteiger partial charge < -0.3 is 57.2 Å². The second-order valence-electron chi connectivity index (χ2n) is 18.5. The minimum atomic E-state index is -2.14. The van der Waals surface area contributed by atoms with Crippen LogP contribution in [0, 0.1) is 0 Å². The number of hydrogen-bond donors (Lipinski definition) is 8. The van der Waals surface area contributed by atoms with E-state index in [1.807, 2.05) is 0 Å². The van der Waals surface area contributed by atoms with Crippen molar-refractivity contribution < 1.29 is 73.7 Å². The van der Waals surface area contributed by atoms with Crippen molar-refractivity contribution in [3.63, 3.8) is 0 Å². The van der Waals surface area contributed by atoms with Gasteiger partial charge >= 0.3 is 34.4 Å². The van der Waals surface area contributed by atoms with Crippen LogP contribution in [0.2, 0.25) is 0 Å². The van der Waals surface area contributed by atoms with Gasteiger partial charge in [-0.25, -0.2) is 0 Å². The summed E-state index contributed by atoms with van der Waals surface area (Å²) in [5.74, 6) is 0. The van der Waals surface area contributed by atoms with Gasteiger partial charge in [0.1, 0.15) is 0 Å². The molecule has 0 saturated heterocycles. The Morgan fingerprint density at radius 3 is 0.391 bits per heavy atom. The van der Waals surface area contributed by atoms with Gasteiger partial charge in [-0.2, -0.15) is 0 Å². The van der Waals surface area contributed by atoms with Gasteiger partial charge in [0.15, 0.2) is 0 Å². The Morgan fingerprint density at radius 1 is 0.188 bits per heavy atom. The molecule has 0 aliphatic carbocycles. The van der Waals surface area contributed by atoms with E-state index in [1.54, 1.807) is 0 Å². The summed E-state index contributed by atoms with van der Waals surface area (Å²) in [6.45, 7) is 10.9. The molecule has 0 aliphatic heterocycles. The minimum Gasteiger partial charge on any atom is -0.328 e. The van der Waals surface area contributed by atoms with E-state index >= 15 is 0 Å². The molecule has 426 valence electrons. The Hall–Kier alpha value is 1.73. The molecule has 69 heavy (non-hydrogen) atoms. The fourth-order valence-electron chi connectivity index (χ4n) is 7.65. The molecular weight excluding hydrogens is 999 g/mol. The van der Waals surface area contributed by atoms with Crippen molar-refractivity contribution in [1.29, 1.82) is 0 Å². The maximum Gasteiger partial charge on any atom is 0.327 e. The smallest absolute Gasteiger partial charge is 0.327 e. The zero-order valence-electron chi connectivity index (χ0n) is 45.3. The van der Waals surface area contributed by atoms with Crippen LogP contribution in [0.25, 0.3) is 0 Å². The molecule has 0 fully saturated rings. The summed E-state index contributed by atoms with van der Waals surface area (Å²) in [5.41, 5.74) is 0. The Balaban J connectivity index is -0.000000263. The maximum absolute atomic E-state index is 8.51. The van der Waals surface area contributed by atoms with Crippen LogP contribution in [0.5, 0.6) is 0 Å². The summed E-state index contributed by atoms with van der Waals surface area (Å²) >= 11 is 0. The van der Waals surface area contributed by atoms with Gasteiger partial charge in [-0.1, -0.05) is 285 Å². The number of hydrogen-bond acceptors (Lipinski definition) is 12. The van der Waals surface area contributed by atoms with Crippen LogP contribution >= 0.6 is 34.4 Å². The zero-order chi connectivity index (χ0) is 51.1. The van der Waals surface area contributed by atoms with Crippen LogP contribution in [-0.4, -0.2) is 65.6 Å². The van der Waals surface area contributed by atoms with E-state index < -0.39 is 34.4 Å². The molecule has 17 heteroatoms. The van der Waals surface area contributed by atoms with Gasteiger partial charge in [0.05, 0.1) is 26.4 Å². The van der Waals surface area contributed by atoms with Crippen LogP contribution in [0.3, 0.4) is 0 Å². The van der Waals surface area contributed by atoms with Crippen LogP contribution in [0.4, 0.5) is 0 Å². The molecule has 0 aromatic heterocycles. The molecule has 0 spiro atoms. The van der Waals surface area contributed by atoms with Crippen LogP contribution < -0.4 is 0 Å². The molecule has 0 saturated carbocycles. The van der Waals surface area contributed by atoms with Crippen molar-refractivity contribution in [3.05, 3.63) is 0 Å². The quantitative estimate of drug-likeness (QED) is 0.0163. The first-order chi connectivity index (χ1) is 33.1. The fraction of sp³-hybridized carbons (Fsp3) is 1.00. The minimum absolute atomic E-state index is 0. The van der Waals surface area contributed by atoms with E-state index in [4.69, 9.17) is 57.2 Å². The molecule has 0 unspecified atom stereocenters. The van der Waals surface area contributed by atoms with Crippen molar-refractivity contribution >= 4 is 34.4 Å². The van der Waals surface area contributed by atoms with E-state index in [9.17, 15) is 0 Å². The Bertz CT molecular complexity index is 706. The summed E-state index contributed by atoms with van der Waals surface area (Å²) in [7, 11) is -8.55. The number of rotatable bonds is 52. The normalized spacial score (nSPS) is 11.1. The number of unbranched alkanes of at least 4 members (excludes halogenated alkanes) is 40. The molecule has 0 heterocycles. The van der Waals surface area contributed by atoms with Gasteiger partial charge in [-0.15, -0.1) is 0 Å². The van der Waals surface area contributed by atoms with Crippen LogP contribution in [0.15, 0.2) is 0 Å². The van der Waals surface area contributed by atoms with Gasteiger partial charge in [-0.05, 0) is 25.7 Å². The zero-order valence-corrected chi connectivity index (χ0v) is 49.8. The van der Waals surface area contributed by atoms with Crippen molar-refractivity contribution in [2.24, 2.45) is 0 Å². The third kappa shape index (κ3) is 96.0. The maximum atomic E-state index is 8.51. The monoisotopic (exact) mass is 1110 g/mol. The first kappa shape index (κ1) is 79.6. The van der Waals surface area contributed by atoms with E-state index in [-0.39, 0.29) is 16.5 Å². The van der Waals surface area contributed by atoms with E-state index in [0.717, 1.165) is 51.4 Å². The van der Waals surface area contributed by atoms with E-state index in [1.165, 1.54) is 231 Å². The molecule has 0 aromatic rings. The first-order valence-electron chi connectivity index (χ1n) is 28.3. The van der Waals surface area contributed by atoms with Gasteiger partial charge in [0.2, 0.25) is 0 Å². The molecule has 0 amide bonds. The van der Waals surface area contributed by atoms with Gasteiger partial charge in [-0.3, -0.25) is 0 Å². The largest absolute Gasteiger partial charge is 0.328 e. The van der Waals surface area contributed by atoms with Crippen LogP contribution in [0.1, 0.15) is 310 Å². The third-order valence-electron chi connectivity index (χ3n) is 11.8. The SMILES string of the molecule is CCCCCCCCCCCCCOP(O)O.CCCCCCCCCCCCCOP(O)O.CCCCCCCCCCCCCOP(O)O.CCCCCCCCCCCCCOP(O)O.[Ni]. The Kier molecular flexibility index (Phi) is 88.0. The fourth-order valence-corrected chi connectivity index (χ4v) is 8.82. The van der Waals surface area contributed by atoms with Gasteiger partial charge in [0.25, 0.3) is 0 Å². The molecule has 12 nitrogen and oxygen atoms in total. The molecule has 0 aliphatic rings. The first-order valence-corrected chi connectivity index (χ1v) is 33.0. The van der Waals surface area contributed by atoms with Crippen molar-refractivity contribution in [1.82, 2.24) is 0 Å². The standard InChI is InChI=1S/4C13H29O3P.Ni/c4*1-2-3-4-5-6-7-8-9-10-11-12-13-16-17(14)15;/h4*14-15H,2-13H2,1H3;. The molecule has 0 atom stereocenters. The average Bonchev–Trinajstić information content (AvgIpc) is 3.30. The summed E-state index contributed by atoms with van der Waals surface area (Å²) < 4.78 is 18.8. The van der Waals surface area contributed by atoms with Crippen LogP contribution in [-0.2, 0) is 34.6 Å². The molecular formula is C52H116NiO12P4. The predicted molar refractivity (Wildman–Crippen MR) is 295 cm³/mol. The summed E-state index contributed by atoms with van der Waals surface area (Å²) in [5, 5.41) is 0. The molecule has 0 radical (unpaired) electrons. The second kappa shape index (κ2) is 76.2. The predicted octanol–water partition coefficient (Wildman–Crippen LogP) is 18.1. The molecule has 8 N–H and O–H groups in total. The summed E-state index contributed by atoms with van der Waals surface area (Å²) in [6.07, 6.45) is 57.0. The van der Waals surface area contributed by atoms with E-state index in [0.29, 0.717) is 26.4 Å². The molecule has 0 bridgehead atoms. The van der Waals surface area contributed by atoms with E-state index in [2.05, 4.69) is 27.7 Å². The topological polar surface area (TPSA) is 199 Å². The van der Waals surface area contributed by atoms with Gasteiger partial charge in [0, 0.05) is 16.5 Å². The Labute approximate surface area is 442 Å². The molecule has 0 rings (SSSR count). The van der Waals surface area contributed by atoms with Crippen molar-refractivity contribution in [2.75, 3.05) is 26.4 Å². The summed E-state index contributed by atoms with van der Waals surface area (Å²) in [4.78, 5) is 68.1.